The number of imidazole rings is 2. The molecule has 0 amide bonds. The Morgan fingerprint density at radius 3 is 1.28 bits per heavy atom. The number of anilines is 3. The number of nitrogen functional groups attached to an aromatic ring is 3. The number of fused-ring (bicyclic) bond motifs is 2. The highest BCUT2D eigenvalue weighted by Crippen LogP contribution is 2.60. The number of aromatic amines is 3. The molecule has 0 radical (unpaired) electrons. The maximum Gasteiger partial charge on any atom is 0.472 e. The van der Waals surface area contributed by atoms with Crippen molar-refractivity contribution in [1.29, 1.82) is 0 Å². The molecule has 6 saturated heterocycles. The summed E-state index contributed by atoms with van der Waals surface area (Å²) in [6.45, 7) is -12.7. The van der Waals surface area contributed by atoms with Gasteiger partial charge >= 0.3 is 58.6 Å². The van der Waals surface area contributed by atoms with E-state index in [1.54, 1.807) is 20.8 Å². The Labute approximate surface area is 836 Å². The number of hydrogen-bond acceptors (Lipinski definition) is 49. The third kappa shape index (κ3) is 27.0. The number of ether oxygens (including phenoxy) is 16. The number of aryl methyl sites for hydroxylation is 5. The van der Waals surface area contributed by atoms with Crippen molar-refractivity contribution in [2.24, 2.45) is 0 Å². The second-order valence-electron chi connectivity index (χ2n) is 33.5. The maximum absolute atomic E-state index is 15.7. The molecule has 804 valence electrons. The standard InChI is InChI=1S/C77H112N19O41P5S3/c1-12-41-42(23-48(127-41)91-24-36(2)61(78)87-74(91)101)133-140(109,143)125-31-46-53(58(119-20-15-114-9)71(130-46)94-27-39(5)67(99)90-77(94)104)135-138(105,106)122-29-44-52(57(118-19-14-113-8)70(129-44)93-26-38(4)66(98)89-76(93)103)134-139(107,108)123-30-45-54(59(120-21-16-115-10)72(131-45)95-34-83-49-63(80)81-33-82-64(49)95)136-142(111,145)126-32-47-55(60(121-22-17-116-11)73(132-47)96-35-84-50-65(96)85-40(6)86-68(50)100)137-141(110,144)124-28-43-51(97)56(117-18-13-112-7)69(128-43)92-25-37(3)62(79)88-75(92)102/h24-27,33-35,41-48,51-60,69-73,97H,12-23,28-32H2,1-11H3,(H,105,106)(H,107,108)(H,109,143)(H,110,144)(H,111,145)(H2,78,87,101)(H2,79,88,102)(H2,80,81,82)(H,85,86,100)(H,89,98,103)(H,90,99,104)/t41-,42-,43-,44-,45-,46-,47-,48-,51+,52+,53+,54+,55+,56?,57?,58?,59?,60?,69-,70-,71-,72-,73-,140?,141?,142?/m1/s1. The summed E-state index contributed by atoms with van der Waals surface area (Å²) in [6.07, 6.45) is -28.7. The Bertz CT molecular complexity index is 6570. The van der Waals surface area contributed by atoms with Gasteiger partial charge in [0.05, 0.1) is 124 Å². The predicted octanol–water partition coefficient (Wildman–Crippen LogP) is -0.753. The summed E-state index contributed by atoms with van der Waals surface area (Å²) in [5, 5.41) is 11.9. The zero-order chi connectivity index (χ0) is 105. The number of phosphoric acid groups is 2. The van der Waals surface area contributed by atoms with Crippen LogP contribution in [0.2, 0.25) is 0 Å². The molecule has 14 rings (SSSR count). The SMILES string of the molecule is CC[C@H]1O[C@@H](n2cc(C)c(N)nc2=O)C[C@H]1OP(O)(=S)OC[C@H]1O[C@@H](n2cc(C)c(=O)[nH]c2=O)C(OCCOC)[C@H]1OP(=O)(O)OC[C@H]1O[C@@H](n2cc(C)c(=O)[nH]c2=O)C(OCCOC)[C@H]1OP(=O)(O)OC[C@H]1O[C@@H](n2cnc3c(N)ncnc32)C(OCCOC)[C@H]1OP(=O)(S)OC[C@H]1O[C@@H](n2cnc3c(=O)[nH]c(C)nc32)C(OCCOC)[C@H]1OP(O)(=S)OC[C@H]1O[C@@H](n2cc(C)c(N)nc2=O)C(OCCOC)[C@H]1O. The third-order valence-electron chi connectivity index (χ3n) is 23.6. The van der Waals surface area contributed by atoms with Gasteiger partial charge in [-0.05, 0) is 64.7 Å². The van der Waals surface area contributed by atoms with Crippen molar-refractivity contribution < 1.29 is 159 Å². The lowest BCUT2D eigenvalue weighted by atomic mass is 10.1. The lowest BCUT2D eigenvalue weighted by molar-refractivity contribution is -0.0850. The molecule has 0 bridgehead atoms. The van der Waals surface area contributed by atoms with Gasteiger partial charge in [0, 0.05) is 89.0 Å². The van der Waals surface area contributed by atoms with Crippen molar-refractivity contribution >= 4 is 112 Å². The molecule has 14 heterocycles. The minimum absolute atomic E-state index is 0.0147. The highest BCUT2D eigenvalue weighted by molar-refractivity contribution is 8.44. The van der Waals surface area contributed by atoms with Crippen molar-refractivity contribution in [3.8, 4) is 0 Å². The van der Waals surface area contributed by atoms with E-state index in [9.17, 15) is 58.2 Å². The second-order valence-corrected chi connectivity index (χ2v) is 44.8. The van der Waals surface area contributed by atoms with Crippen LogP contribution in [0.25, 0.3) is 22.3 Å². The van der Waals surface area contributed by atoms with Crippen LogP contribution in [0.1, 0.15) is 85.2 Å². The van der Waals surface area contributed by atoms with Gasteiger partial charge in [0.25, 0.3) is 16.7 Å². The molecule has 68 heteroatoms. The van der Waals surface area contributed by atoms with Crippen molar-refractivity contribution in [2.75, 3.05) is 152 Å². The smallest absolute Gasteiger partial charge is 0.387 e. The Morgan fingerprint density at radius 1 is 0.414 bits per heavy atom. The zero-order valence-electron chi connectivity index (χ0n) is 79.3. The molecule has 145 heavy (non-hydrogen) atoms. The minimum atomic E-state index is -5.95. The van der Waals surface area contributed by atoms with Crippen LogP contribution in [-0.2, 0) is 158 Å². The van der Waals surface area contributed by atoms with Gasteiger partial charge in [-0.15, -0.1) is 0 Å². The van der Waals surface area contributed by atoms with Gasteiger partial charge in [-0.3, -0.25) is 83.4 Å². The number of thiol groups is 1. The average molecular weight is 2210 g/mol. The van der Waals surface area contributed by atoms with E-state index in [0.717, 1.165) is 32.4 Å². The third-order valence-corrected chi connectivity index (χ3v) is 30.3. The molecule has 60 nitrogen and oxygen atoms in total. The molecule has 28 atom stereocenters. The average Bonchev–Trinajstić information content (AvgIpc) is 1.61. The Balaban J connectivity index is 0.761. The number of nitrogens with one attached hydrogen (secondary N) is 3. The Morgan fingerprint density at radius 2 is 0.800 bits per heavy atom. The van der Waals surface area contributed by atoms with E-state index in [4.69, 9.17) is 162 Å². The molecule has 14 N–H and O–H groups in total. The van der Waals surface area contributed by atoms with Gasteiger partial charge < -0.3 is 136 Å². The molecule has 0 saturated carbocycles. The van der Waals surface area contributed by atoms with Gasteiger partial charge in [-0.2, -0.15) is 9.97 Å². The van der Waals surface area contributed by atoms with Crippen LogP contribution in [0, 0.1) is 34.6 Å². The van der Waals surface area contributed by atoms with Crippen LogP contribution >= 0.6 is 48.1 Å². The fourth-order valence-corrected chi connectivity index (χ4v) is 22.9. The van der Waals surface area contributed by atoms with Crippen molar-refractivity contribution in [3.05, 3.63) is 145 Å². The summed E-state index contributed by atoms with van der Waals surface area (Å²) >= 11 is 15.8. The number of methoxy groups -OCH3 is 5. The highest BCUT2D eigenvalue weighted by Gasteiger charge is 2.59. The van der Waals surface area contributed by atoms with E-state index in [2.05, 4.69) is 62.1 Å². The number of nitrogens with two attached hydrogens (primary N) is 3. The first-order valence-electron chi connectivity index (χ1n) is 44.5. The van der Waals surface area contributed by atoms with Crippen molar-refractivity contribution in [3.63, 3.8) is 0 Å². The first kappa shape index (κ1) is 113. The van der Waals surface area contributed by atoms with Crippen LogP contribution in [-0.4, -0.2) is 340 Å². The van der Waals surface area contributed by atoms with E-state index >= 15 is 13.7 Å². The number of aliphatic hydroxyl groups is 1. The molecule has 6 aliphatic rings. The van der Waals surface area contributed by atoms with Crippen molar-refractivity contribution in [2.45, 2.75) is 196 Å². The fraction of sp³-hybridized carbons (Fsp3) is 0.662. The fourth-order valence-electron chi connectivity index (χ4n) is 16.6. The molecular weight excluding hydrogens is 2100 g/mol. The lowest BCUT2D eigenvalue weighted by Crippen LogP contribution is -2.42. The molecule has 10 unspecified atom stereocenters. The molecule has 8 aromatic heterocycles. The van der Waals surface area contributed by atoms with Gasteiger partial charge in [-0.1, -0.05) is 19.2 Å². The van der Waals surface area contributed by atoms with Crippen LogP contribution in [0.15, 0.2) is 77.3 Å². The number of nitrogens with zero attached hydrogens (tertiary/aromatic N) is 13. The zero-order valence-corrected chi connectivity index (χ0v) is 86.3. The molecule has 6 fully saturated rings. The molecule has 0 spiro atoms. The van der Waals surface area contributed by atoms with Gasteiger partial charge in [-0.25, -0.2) is 57.8 Å². The summed E-state index contributed by atoms with van der Waals surface area (Å²) < 4.78 is 210. The monoisotopic (exact) mass is 2210 g/mol. The van der Waals surface area contributed by atoms with Crippen LogP contribution in [0.3, 0.4) is 0 Å². The van der Waals surface area contributed by atoms with Gasteiger partial charge in [0.15, 0.2) is 53.8 Å². The number of phosphoric ester groups is 2. The molecule has 6 aliphatic heterocycles. The first-order valence-corrected chi connectivity index (χ1v) is 55.4. The predicted molar refractivity (Wildman–Crippen MR) is 506 cm³/mol. The number of aliphatic hydroxyl groups excluding tert-OH is 1. The summed E-state index contributed by atoms with van der Waals surface area (Å²) in [7, 11) is -5.11. The van der Waals surface area contributed by atoms with Gasteiger partial charge in [0.2, 0.25) is 0 Å². The summed E-state index contributed by atoms with van der Waals surface area (Å²) in [6, 6.07) is 0. The maximum atomic E-state index is 15.7. The number of rotatable bonds is 52. The second kappa shape index (κ2) is 48.9. The molecule has 0 aliphatic carbocycles. The van der Waals surface area contributed by atoms with Gasteiger partial charge in [0.1, 0.15) is 127 Å². The van der Waals surface area contributed by atoms with Crippen LogP contribution in [0.5, 0.6) is 0 Å². The largest absolute Gasteiger partial charge is 0.472 e. The summed E-state index contributed by atoms with van der Waals surface area (Å²) in [5.74, 6) is -0.0997. The number of hydrogen-bond donors (Lipinski definition) is 12. The van der Waals surface area contributed by atoms with Crippen molar-refractivity contribution in [1.82, 2.24) is 77.2 Å². The number of aromatic nitrogens is 16. The summed E-state index contributed by atoms with van der Waals surface area (Å²) in [5.41, 5.74) is 12.3. The molecule has 8 aromatic rings. The first-order chi connectivity index (χ1) is 68.9. The quantitative estimate of drug-likeness (QED) is 0.0127. The molecule has 0 aromatic carbocycles. The highest BCUT2D eigenvalue weighted by atomic mass is 32.7. The van der Waals surface area contributed by atoms with E-state index in [0.29, 0.717) is 11.1 Å². The summed E-state index contributed by atoms with van der Waals surface area (Å²) in [4.78, 5) is 179. The number of H-pyrrole nitrogens is 3. The topological polar surface area (TPSA) is 757 Å². The Hall–Kier alpha value is -7.48. The van der Waals surface area contributed by atoms with E-state index in [1.807, 2.05) is 0 Å². The van der Waals surface area contributed by atoms with Crippen LogP contribution in [0.4, 0.5) is 17.5 Å². The minimum Gasteiger partial charge on any atom is -0.387 e. The van der Waals surface area contributed by atoms with Crippen LogP contribution < -0.4 is 56.6 Å². The van der Waals surface area contributed by atoms with E-state index < -0.39 is 256 Å². The normalized spacial score (nSPS) is 29.2. The van der Waals surface area contributed by atoms with E-state index in [1.165, 1.54) is 95.1 Å². The lowest BCUT2D eigenvalue weighted by Gasteiger charge is -2.30. The molecular formula is C77H112N19O41P5S3. The Kier molecular flexibility index (Phi) is 38.1. The van der Waals surface area contributed by atoms with E-state index in [-0.39, 0.29) is 129 Å².